The molecule has 0 saturated carbocycles. The predicted molar refractivity (Wildman–Crippen MR) is 86.2 cm³/mol. The lowest BCUT2D eigenvalue weighted by Crippen LogP contribution is -2.39. The number of amides is 2. The molecule has 1 atom stereocenters. The van der Waals surface area contributed by atoms with E-state index in [0.29, 0.717) is 11.6 Å². The number of carbonyl (C=O) groups is 2. The van der Waals surface area contributed by atoms with Crippen LogP contribution < -0.4 is 5.32 Å². The van der Waals surface area contributed by atoms with Crippen LogP contribution in [0.3, 0.4) is 0 Å². The van der Waals surface area contributed by atoms with Gasteiger partial charge in [-0.3, -0.25) is 9.59 Å². The van der Waals surface area contributed by atoms with E-state index in [2.05, 4.69) is 5.32 Å². The third-order valence-corrected chi connectivity index (χ3v) is 3.98. The highest BCUT2D eigenvalue weighted by Crippen LogP contribution is 2.20. The molecule has 2 amide bonds. The summed E-state index contributed by atoms with van der Waals surface area (Å²) in [7, 11) is 1.43. The Hall–Kier alpha value is -2.90. The van der Waals surface area contributed by atoms with Gasteiger partial charge in [0.15, 0.2) is 11.6 Å². The summed E-state index contributed by atoms with van der Waals surface area (Å²) in [6.45, 7) is 1.16. The van der Waals surface area contributed by atoms with E-state index in [-0.39, 0.29) is 0 Å². The molecule has 0 fully saturated rings. The van der Waals surface area contributed by atoms with E-state index in [0.717, 1.165) is 24.3 Å². The van der Waals surface area contributed by atoms with Crippen molar-refractivity contribution in [2.75, 3.05) is 13.6 Å². The number of nitrogens with zero attached hydrogens (tertiary/aromatic N) is 1. The first kappa shape index (κ1) is 19.4. The fraction of sp³-hybridized carbons (Fsp3) is 0.222. The number of hydrogen-bond donors (Lipinski definition) is 1. The fourth-order valence-electron chi connectivity index (χ4n) is 2.26. The molecule has 2 rings (SSSR count). The van der Waals surface area contributed by atoms with Gasteiger partial charge in [0.2, 0.25) is 5.91 Å². The van der Waals surface area contributed by atoms with Gasteiger partial charge in [0, 0.05) is 13.1 Å². The summed E-state index contributed by atoms with van der Waals surface area (Å²) >= 11 is 0. The average Bonchev–Trinajstić information content (AvgIpc) is 2.60. The van der Waals surface area contributed by atoms with E-state index in [9.17, 15) is 27.2 Å². The summed E-state index contributed by atoms with van der Waals surface area (Å²) in [5.41, 5.74) is -0.0221. The molecule has 2 aromatic carbocycles. The molecule has 0 aliphatic carbocycles. The standard InChI is InChI=1S/C18H16F4N2O2/c1-10(11-3-6-14(20)16(22)7-11)24(2)17(25)9-23-18(26)13-5-4-12(19)8-15(13)21/h3-8,10H,9H2,1-2H3,(H,23,26). The smallest absolute Gasteiger partial charge is 0.254 e. The number of nitrogens with one attached hydrogen (secondary N) is 1. The molecule has 0 saturated heterocycles. The summed E-state index contributed by atoms with van der Waals surface area (Å²) in [6, 6.07) is 5.16. The Morgan fingerprint density at radius 1 is 1.00 bits per heavy atom. The van der Waals surface area contributed by atoms with Crippen LogP contribution in [0.15, 0.2) is 36.4 Å². The summed E-state index contributed by atoms with van der Waals surface area (Å²) in [6.07, 6.45) is 0. The van der Waals surface area contributed by atoms with Crippen LogP contribution >= 0.6 is 0 Å². The van der Waals surface area contributed by atoms with E-state index in [1.165, 1.54) is 18.0 Å². The Labute approximate surface area is 147 Å². The highest BCUT2D eigenvalue weighted by atomic mass is 19.2. The van der Waals surface area contributed by atoms with Crippen molar-refractivity contribution in [3.05, 3.63) is 70.8 Å². The predicted octanol–water partition coefficient (Wildman–Crippen LogP) is 3.19. The maximum atomic E-state index is 13.5. The monoisotopic (exact) mass is 368 g/mol. The van der Waals surface area contributed by atoms with Gasteiger partial charge in [0.1, 0.15) is 11.6 Å². The molecular weight excluding hydrogens is 352 g/mol. The third kappa shape index (κ3) is 4.38. The van der Waals surface area contributed by atoms with Crippen LogP contribution in [-0.2, 0) is 4.79 Å². The SMILES string of the molecule is CC(c1ccc(F)c(F)c1)N(C)C(=O)CNC(=O)c1ccc(F)cc1F. The van der Waals surface area contributed by atoms with E-state index in [1.54, 1.807) is 6.92 Å². The summed E-state index contributed by atoms with van der Waals surface area (Å²) in [5, 5.41) is 2.24. The van der Waals surface area contributed by atoms with Crippen LogP contribution in [0.5, 0.6) is 0 Å². The summed E-state index contributed by atoms with van der Waals surface area (Å²) < 4.78 is 52.7. The molecule has 0 aromatic heterocycles. The second kappa shape index (κ2) is 7.99. The number of carbonyl (C=O) groups excluding carboxylic acids is 2. The second-order valence-corrected chi connectivity index (χ2v) is 5.66. The Balaban J connectivity index is 1.99. The lowest BCUT2D eigenvalue weighted by atomic mass is 10.1. The number of likely N-dealkylation sites (N-methyl/N-ethyl adjacent to an activating group) is 1. The van der Waals surface area contributed by atoms with E-state index >= 15 is 0 Å². The van der Waals surface area contributed by atoms with Crippen LogP contribution in [0.2, 0.25) is 0 Å². The van der Waals surface area contributed by atoms with E-state index < -0.39 is 53.2 Å². The zero-order valence-electron chi connectivity index (χ0n) is 14.0. The minimum absolute atomic E-state index is 0.371. The second-order valence-electron chi connectivity index (χ2n) is 5.66. The van der Waals surface area contributed by atoms with E-state index in [4.69, 9.17) is 0 Å². The molecule has 8 heteroatoms. The minimum Gasteiger partial charge on any atom is -0.343 e. The van der Waals surface area contributed by atoms with Crippen molar-refractivity contribution in [3.8, 4) is 0 Å². The highest BCUT2D eigenvalue weighted by Gasteiger charge is 2.20. The topological polar surface area (TPSA) is 49.4 Å². The van der Waals surface area contributed by atoms with Crippen LogP contribution in [0.25, 0.3) is 0 Å². The molecule has 0 bridgehead atoms. The molecule has 1 unspecified atom stereocenters. The molecule has 4 nitrogen and oxygen atoms in total. The molecule has 26 heavy (non-hydrogen) atoms. The Morgan fingerprint density at radius 2 is 1.69 bits per heavy atom. The molecular formula is C18H16F4N2O2. The van der Waals surface area contributed by atoms with Gasteiger partial charge in [-0.15, -0.1) is 0 Å². The van der Waals surface area contributed by atoms with Gasteiger partial charge in [-0.1, -0.05) is 6.07 Å². The van der Waals surface area contributed by atoms with Crippen molar-refractivity contribution in [1.82, 2.24) is 10.2 Å². The lowest BCUT2D eigenvalue weighted by molar-refractivity contribution is -0.130. The number of hydrogen-bond acceptors (Lipinski definition) is 2. The number of rotatable bonds is 5. The van der Waals surface area contributed by atoms with Gasteiger partial charge < -0.3 is 10.2 Å². The molecule has 0 heterocycles. The molecule has 1 N–H and O–H groups in total. The largest absolute Gasteiger partial charge is 0.343 e. The Morgan fingerprint density at radius 3 is 2.31 bits per heavy atom. The van der Waals surface area contributed by atoms with Gasteiger partial charge in [0.25, 0.3) is 5.91 Å². The molecule has 2 aromatic rings. The van der Waals surface area contributed by atoms with Crippen molar-refractivity contribution in [2.24, 2.45) is 0 Å². The first-order valence-electron chi connectivity index (χ1n) is 7.64. The van der Waals surface area contributed by atoms with Crippen LogP contribution in [-0.4, -0.2) is 30.3 Å². The number of benzene rings is 2. The normalized spacial score (nSPS) is 11.8. The highest BCUT2D eigenvalue weighted by molar-refractivity contribution is 5.96. The number of halogens is 4. The van der Waals surface area contributed by atoms with Crippen molar-refractivity contribution in [1.29, 1.82) is 0 Å². The third-order valence-electron chi connectivity index (χ3n) is 3.98. The first-order valence-corrected chi connectivity index (χ1v) is 7.64. The van der Waals surface area contributed by atoms with Gasteiger partial charge in [-0.05, 0) is 36.8 Å². The summed E-state index contributed by atoms with van der Waals surface area (Å²) in [4.78, 5) is 25.3. The fourth-order valence-corrected chi connectivity index (χ4v) is 2.26. The first-order chi connectivity index (χ1) is 12.2. The van der Waals surface area contributed by atoms with Gasteiger partial charge in [-0.2, -0.15) is 0 Å². The van der Waals surface area contributed by atoms with Crippen LogP contribution in [0.1, 0.15) is 28.9 Å². The molecule has 0 aliphatic rings. The van der Waals surface area contributed by atoms with Crippen molar-refractivity contribution < 1.29 is 27.2 Å². The van der Waals surface area contributed by atoms with E-state index in [1.807, 2.05) is 0 Å². The van der Waals surface area contributed by atoms with Crippen LogP contribution in [0, 0.1) is 23.3 Å². The maximum Gasteiger partial charge on any atom is 0.254 e. The van der Waals surface area contributed by atoms with Gasteiger partial charge in [-0.25, -0.2) is 17.6 Å². The zero-order valence-corrected chi connectivity index (χ0v) is 14.0. The zero-order chi connectivity index (χ0) is 19.4. The minimum atomic E-state index is -1.04. The van der Waals surface area contributed by atoms with Crippen molar-refractivity contribution in [3.63, 3.8) is 0 Å². The summed E-state index contributed by atoms with van der Waals surface area (Å²) in [5.74, 6) is -5.30. The van der Waals surface area contributed by atoms with Crippen molar-refractivity contribution in [2.45, 2.75) is 13.0 Å². The van der Waals surface area contributed by atoms with Gasteiger partial charge >= 0.3 is 0 Å². The molecule has 0 aliphatic heterocycles. The maximum absolute atomic E-state index is 13.5. The lowest BCUT2D eigenvalue weighted by Gasteiger charge is -2.25. The molecule has 0 spiro atoms. The van der Waals surface area contributed by atoms with Crippen LogP contribution in [0.4, 0.5) is 17.6 Å². The molecule has 138 valence electrons. The average molecular weight is 368 g/mol. The quantitative estimate of drug-likeness (QED) is 0.824. The van der Waals surface area contributed by atoms with Gasteiger partial charge in [0.05, 0.1) is 18.2 Å². The Bertz CT molecular complexity index is 842. The van der Waals surface area contributed by atoms with Crippen molar-refractivity contribution >= 4 is 11.8 Å². The Kier molecular flexibility index (Phi) is 5.97. The molecule has 0 radical (unpaired) electrons.